The van der Waals surface area contributed by atoms with E-state index >= 15 is 0 Å². The highest BCUT2D eigenvalue weighted by atomic mass is 16.5. The zero-order valence-corrected chi connectivity index (χ0v) is 12.5. The molecule has 1 saturated heterocycles. The highest BCUT2D eigenvalue weighted by molar-refractivity contribution is 5.20. The van der Waals surface area contributed by atoms with Crippen LogP contribution in [0.1, 0.15) is 6.92 Å². The molecule has 1 fully saturated rings. The molecule has 1 unspecified atom stereocenters. The molecule has 1 aromatic carbocycles. The number of nitrogens with two attached hydrogens (primary N) is 1. The molecular formula is C16H27N3O. The van der Waals surface area contributed by atoms with E-state index in [1.165, 1.54) is 0 Å². The summed E-state index contributed by atoms with van der Waals surface area (Å²) < 4.78 is 5.75. The first kappa shape index (κ1) is 15.3. The molecule has 1 aromatic rings. The molecule has 4 heteroatoms. The summed E-state index contributed by atoms with van der Waals surface area (Å²) in [5.41, 5.74) is 5.68. The van der Waals surface area contributed by atoms with Crippen LogP contribution in [0.15, 0.2) is 30.3 Å². The van der Waals surface area contributed by atoms with Crippen molar-refractivity contribution in [3.05, 3.63) is 30.3 Å². The molecule has 0 bridgehead atoms. The highest BCUT2D eigenvalue weighted by Crippen LogP contribution is 2.09. The smallest absolute Gasteiger partial charge is 0.119 e. The fraction of sp³-hybridized carbons (Fsp3) is 0.625. The second-order valence-electron chi connectivity index (χ2n) is 5.64. The van der Waals surface area contributed by atoms with Gasteiger partial charge in [0, 0.05) is 39.3 Å². The van der Waals surface area contributed by atoms with Crippen molar-refractivity contribution in [2.24, 2.45) is 11.7 Å². The second kappa shape index (κ2) is 8.25. The zero-order valence-electron chi connectivity index (χ0n) is 12.5. The molecule has 4 nitrogen and oxygen atoms in total. The van der Waals surface area contributed by atoms with E-state index in [4.69, 9.17) is 10.5 Å². The SMILES string of the molecule is CC(CN)CN1CCN(CCOc2ccccc2)CC1. The average molecular weight is 277 g/mol. The van der Waals surface area contributed by atoms with Crippen LogP contribution in [-0.4, -0.2) is 62.2 Å². The first-order valence-electron chi connectivity index (χ1n) is 7.60. The molecule has 112 valence electrons. The maximum Gasteiger partial charge on any atom is 0.119 e. The topological polar surface area (TPSA) is 41.7 Å². The number of ether oxygens (including phenoxy) is 1. The van der Waals surface area contributed by atoms with E-state index in [1.54, 1.807) is 0 Å². The van der Waals surface area contributed by atoms with E-state index in [0.29, 0.717) is 5.92 Å². The van der Waals surface area contributed by atoms with Crippen molar-refractivity contribution in [2.75, 3.05) is 52.4 Å². The summed E-state index contributed by atoms with van der Waals surface area (Å²) in [6.45, 7) is 10.5. The summed E-state index contributed by atoms with van der Waals surface area (Å²) in [7, 11) is 0. The molecule has 0 saturated carbocycles. The number of rotatable bonds is 7. The largest absolute Gasteiger partial charge is 0.492 e. The molecule has 0 amide bonds. The normalized spacial score (nSPS) is 18.9. The van der Waals surface area contributed by atoms with Crippen LogP contribution in [0, 0.1) is 5.92 Å². The van der Waals surface area contributed by atoms with Crippen LogP contribution >= 0.6 is 0 Å². The third kappa shape index (κ3) is 5.12. The van der Waals surface area contributed by atoms with Gasteiger partial charge < -0.3 is 15.4 Å². The minimum absolute atomic E-state index is 0.600. The van der Waals surface area contributed by atoms with Gasteiger partial charge in [-0.1, -0.05) is 25.1 Å². The molecule has 20 heavy (non-hydrogen) atoms. The standard InChI is InChI=1S/C16H27N3O/c1-15(13-17)14-19-9-7-18(8-10-19)11-12-20-16-5-3-2-4-6-16/h2-6,15H,7-14,17H2,1H3. The van der Waals surface area contributed by atoms with Gasteiger partial charge in [-0.25, -0.2) is 0 Å². The fourth-order valence-corrected chi connectivity index (χ4v) is 2.52. The Morgan fingerprint density at radius 1 is 1.10 bits per heavy atom. The van der Waals surface area contributed by atoms with Crippen molar-refractivity contribution in [2.45, 2.75) is 6.92 Å². The molecular weight excluding hydrogens is 250 g/mol. The van der Waals surface area contributed by atoms with Gasteiger partial charge >= 0.3 is 0 Å². The van der Waals surface area contributed by atoms with Gasteiger partial charge in [-0.05, 0) is 24.6 Å². The Kier molecular flexibility index (Phi) is 6.30. The van der Waals surface area contributed by atoms with Gasteiger partial charge in [-0.2, -0.15) is 0 Å². The van der Waals surface area contributed by atoms with Crippen molar-refractivity contribution in [1.29, 1.82) is 0 Å². The Labute approximate surface area is 122 Å². The van der Waals surface area contributed by atoms with Gasteiger partial charge in [0.1, 0.15) is 12.4 Å². The predicted molar refractivity (Wildman–Crippen MR) is 83.0 cm³/mol. The van der Waals surface area contributed by atoms with Crippen LogP contribution < -0.4 is 10.5 Å². The Morgan fingerprint density at radius 3 is 2.40 bits per heavy atom. The molecule has 0 aliphatic carbocycles. The van der Waals surface area contributed by atoms with Gasteiger partial charge in [0.2, 0.25) is 0 Å². The van der Waals surface area contributed by atoms with Gasteiger partial charge in [0.05, 0.1) is 0 Å². The minimum Gasteiger partial charge on any atom is -0.492 e. The quantitative estimate of drug-likeness (QED) is 0.815. The molecule has 0 radical (unpaired) electrons. The van der Waals surface area contributed by atoms with Crippen LogP contribution in [0.25, 0.3) is 0 Å². The van der Waals surface area contributed by atoms with Crippen LogP contribution in [0.3, 0.4) is 0 Å². The van der Waals surface area contributed by atoms with Crippen molar-refractivity contribution in [1.82, 2.24) is 9.80 Å². The van der Waals surface area contributed by atoms with E-state index in [2.05, 4.69) is 16.7 Å². The molecule has 1 aliphatic rings. The minimum atomic E-state index is 0.600. The van der Waals surface area contributed by atoms with Crippen molar-refractivity contribution >= 4 is 0 Å². The third-order valence-electron chi connectivity index (χ3n) is 3.86. The number of nitrogens with zero attached hydrogens (tertiary/aromatic N) is 2. The van der Waals surface area contributed by atoms with Crippen LogP contribution in [0.5, 0.6) is 5.75 Å². The number of piperazine rings is 1. The van der Waals surface area contributed by atoms with Gasteiger partial charge in [-0.15, -0.1) is 0 Å². The van der Waals surface area contributed by atoms with E-state index in [0.717, 1.165) is 58.2 Å². The van der Waals surface area contributed by atoms with Crippen molar-refractivity contribution in [3.63, 3.8) is 0 Å². The Morgan fingerprint density at radius 2 is 1.75 bits per heavy atom. The summed E-state index contributed by atoms with van der Waals surface area (Å²) >= 11 is 0. The van der Waals surface area contributed by atoms with E-state index in [1.807, 2.05) is 30.3 Å². The lowest BCUT2D eigenvalue weighted by Crippen LogP contribution is -2.48. The maximum atomic E-state index is 5.75. The molecule has 1 aliphatic heterocycles. The second-order valence-corrected chi connectivity index (χ2v) is 5.64. The molecule has 1 heterocycles. The summed E-state index contributed by atoms with van der Waals surface area (Å²) in [6, 6.07) is 10.0. The van der Waals surface area contributed by atoms with Crippen LogP contribution in [-0.2, 0) is 0 Å². The first-order valence-corrected chi connectivity index (χ1v) is 7.60. The van der Waals surface area contributed by atoms with Crippen LogP contribution in [0.2, 0.25) is 0 Å². The van der Waals surface area contributed by atoms with Crippen molar-refractivity contribution < 1.29 is 4.74 Å². The number of para-hydroxylation sites is 1. The summed E-state index contributed by atoms with van der Waals surface area (Å²) in [4.78, 5) is 5.00. The molecule has 2 rings (SSSR count). The van der Waals surface area contributed by atoms with Gasteiger partial charge in [0.25, 0.3) is 0 Å². The van der Waals surface area contributed by atoms with E-state index in [9.17, 15) is 0 Å². The summed E-state index contributed by atoms with van der Waals surface area (Å²) in [6.07, 6.45) is 0. The molecule has 1 atom stereocenters. The number of hydrogen-bond acceptors (Lipinski definition) is 4. The number of hydrogen-bond donors (Lipinski definition) is 1. The monoisotopic (exact) mass is 277 g/mol. The maximum absolute atomic E-state index is 5.75. The fourth-order valence-electron chi connectivity index (χ4n) is 2.52. The van der Waals surface area contributed by atoms with Crippen molar-refractivity contribution in [3.8, 4) is 5.75 Å². The Balaban J connectivity index is 1.60. The van der Waals surface area contributed by atoms with Gasteiger partial charge in [-0.3, -0.25) is 4.90 Å². The Hall–Kier alpha value is -1.10. The van der Waals surface area contributed by atoms with E-state index < -0.39 is 0 Å². The number of benzene rings is 1. The summed E-state index contributed by atoms with van der Waals surface area (Å²) in [5, 5.41) is 0. The Bertz CT molecular complexity index is 363. The molecule has 0 spiro atoms. The molecule has 2 N–H and O–H groups in total. The van der Waals surface area contributed by atoms with Crippen LogP contribution in [0.4, 0.5) is 0 Å². The van der Waals surface area contributed by atoms with Gasteiger partial charge in [0.15, 0.2) is 0 Å². The zero-order chi connectivity index (χ0) is 14.2. The summed E-state index contributed by atoms with van der Waals surface area (Å²) in [5.74, 6) is 1.56. The first-order chi connectivity index (χ1) is 9.78. The lowest BCUT2D eigenvalue weighted by Gasteiger charge is -2.35. The molecule has 0 aromatic heterocycles. The highest BCUT2D eigenvalue weighted by Gasteiger charge is 2.17. The predicted octanol–water partition coefficient (Wildman–Crippen LogP) is 1.28. The average Bonchev–Trinajstić information content (AvgIpc) is 2.50. The van der Waals surface area contributed by atoms with E-state index in [-0.39, 0.29) is 0 Å². The third-order valence-corrected chi connectivity index (χ3v) is 3.86. The lowest BCUT2D eigenvalue weighted by molar-refractivity contribution is 0.108. The lowest BCUT2D eigenvalue weighted by atomic mass is 10.1.